The summed E-state index contributed by atoms with van der Waals surface area (Å²) < 4.78 is 6.63. The van der Waals surface area contributed by atoms with E-state index in [1.54, 1.807) is 0 Å². The maximum atomic E-state index is 8.73. The Balaban J connectivity index is 0.000000281. The lowest BCUT2D eigenvalue weighted by Crippen LogP contribution is -2.53. The van der Waals surface area contributed by atoms with E-state index in [2.05, 4.69) is 84.8 Å². The van der Waals surface area contributed by atoms with Crippen molar-refractivity contribution in [1.29, 1.82) is 0 Å². The highest BCUT2D eigenvalue weighted by molar-refractivity contribution is 6.87. The highest BCUT2D eigenvalue weighted by atomic mass is 28.4. The normalized spacial score (nSPS) is 13.4. The molecule has 3 nitrogen and oxygen atoms in total. The molecular formula is C23H43NO2Si2. The summed E-state index contributed by atoms with van der Waals surface area (Å²) in [6.45, 7) is 23.6. The Kier molecular flexibility index (Phi) is 8.34. The van der Waals surface area contributed by atoms with Gasteiger partial charge in [0.2, 0.25) is 0 Å². The fraction of sp³-hybridized carbons (Fsp3) is 0.652. The van der Waals surface area contributed by atoms with Crippen LogP contribution in [0.2, 0.25) is 36.3 Å². The van der Waals surface area contributed by atoms with Gasteiger partial charge in [0.25, 0.3) is 0 Å². The predicted molar refractivity (Wildman–Crippen MR) is 129 cm³/mol. The maximum Gasteiger partial charge on any atom is 0.178 e. The van der Waals surface area contributed by atoms with Gasteiger partial charge in [0, 0.05) is 23.7 Å². The smallest absolute Gasteiger partial charge is 0.178 e. The quantitative estimate of drug-likeness (QED) is 0.505. The number of para-hydroxylation sites is 1. The Morgan fingerprint density at radius 1 is 0.893 bits per heavy atom. The van der Waals surface area contributed by atoms with Crippen molar-refractivity contribution in [2.24, 2.45) is 0 Å². The molecule has 1 heterocycles. The Bertz CT molecular complexity index is 713. The van der Waals surface area contributed by atoms with Crippen LogP contribution in [0, 0.1) is 0 Å². The van der Waals surface area contributed by atoms with Crippen LogP contribution < -0.4 is 0 Å². The average molecular weight is 422 g/mol. The number of aliphatic hydroxyl groups excluding tert-OH is 1. The topological polar surface area (TPSA) is 45.2 Å². The molecule has 28 heavy (non-hydrogen) atoms. The Morgan fingerprint density at radius 2 is 1.39 bits per heavy atom. The van der Waals surface area contributed by atoms with Crippen LogP contribution >= 0.6 is 0 Å². The van der Waals surface area contributed by atoms with E-state index in [0.29, 0.717) is 10.1 Å². The minimum atomic E-state index is -1.59. The van der Waals surface area contributed by atoms with Gasteiger partial charge >= 0.3 is 0 Å². The van der Waals surface area contributed by atoms with Gasteiger partial charge in [-0.05, 0) is 60.7 Å². The van der Waals surface area contributed by atoms with Crippen LogP contribution in [0.5, 0.6) is 0 Å². The van der Waals surface area contributed by atoms with Crippen LogP contribution in [-0.2, 0) is 10.5 Å². The summed E-state index contributed by atoms with van der Waals surface area (Å²) in [4.78, 5) is 3.22. The number of aliphatic hydroxyl groups is 1. The third-order valence-corrected chi connectivity index (χ3v) is 17.7. The predicted octanol–water partition coefficient (Wildman–Crippen LogP) is 7.11. The second-order valence-corrected chi connectivity index (χ2v) is 20.7. The van der Waals surface area contributed by atoms with Gasteiger partial charge in [-0.3, -0.25) is 0 Å². The first kappa shape index (κ1) is 25.2. The SMILES string of the molecule is CC(C)(C)[Si](C)(C)O[Si](C)(C)C(C)(C)C.OCCCc1c[nH]c2ccccc12. The van der Waals surface area contributed by atoms with E-state index < -0.39 is 16.6 Å². The molecule has 0 saturated heterocycles. The molecule has 0 bridgehead atoms. The number of aryl methyl sites for hydroxylation is 1. The van der Waals surface area contributed by atoms with Gasteiger partial charge in [-0.25, -0.2) is 0 Å². The van der Waals surface area contributed by atoms with Crippen LogP contribution in [-0.4, -0.2) is 33.3 Å². The number of fused-ring (bicyclic) bond motifs is 1. The fourth-order valence-electron chi connectivity index (χ4n) is 2.55. The van der Waals surface area contributed by atoms with Crippen LogP contribution in [0.3, 0.4) is 0 Å². The van der Waals surface area contributed by atoms with E-state index >= 15 is 0 Å². The van der Waals surface area contributed by atoms with Crippen molar-refractivity contribution in [3.63, 3.8) is 0 Å². The number of hydrogen-bond donors (Lipinski definition) is 2. The van der Waals surface area contributed by atoms with Gasteiger partial charge in [-0.15, -0.1) is 0 Å². The molecule has 0 aliphatic carbocycles. The molecular weight excluding hydrogens is 378 g/mol. The van der Waals surface area contributed by atoms with Crippen molar-refractivity contribution in [3.8, 4) is 0 Å². The van der Waals surface area contributed by atoms with E-state index in [0.717, 1.165) is 12.8 Å². The number of nitrogens with one attached hydrogen (secondary N) is 1. The van der Waals surface area contributed by atoms with Crippen molar-refractivity contribution in [2.75, 3.05) is 6.61 Å². The number of benzene rings is 1. The zero-order chi connectivity index (χ0) is 21.8. The second kappa shape index (κ2) is 9.29. The zero-order valence-corrected chi connectivity index (χ0v) is 21.9. The first-order valence-corrected chi connectivity index (χ1v) is 16.3. The molecule has 0 atom stereocenters. The lowest BCUT2D eigenvalue weighted by molar-refractivity contribution is 0.289. The van der Waals surface area contributed by atoms with Crippen molar-refractivity contribution >= 4 is 27.5 Å². The molecule has 160 valence electrons. The summed E-state index contributed by atoms with van der Waals surface area (Å²) in [5, 5.41) is 10.6. The Labute approximate surface area is 175 Å². The standard InChI is InChI=1S/C12H30OSi2.C11H13NO/c1-11(2,3)14(7,8)13-15(9,10)12(4,5)6;13-7-3-4-9-8-12-11-6-2-1-5-10(9)11/h1-10H3;1-2,5-6,8,12-13H,3-4,7H2. The van der Waals surface area contributed by atoms with E-state index in [1.807, 2.05) is 18.3 Å². The molecule has 0 saturated carbocycles. The summed E-state index contributed by atoms with van der Waals surface area (Å²) in [7, 11) is -3.18. The number of aromatic nitrogens is 1. The molecule has 0 unspecified atom stereocenters. The molecule has 0 fully saturated rings. The molecule has 0 spiro atoms. The molecule has 2 aromatic rings. The minimum absolute atomic E-state index is 0.263. The molecule has 2 N–H and O–H groups in total. The Hall–Kier alpha value is -0.886. The summed E-state index contributed by atoms with van der Waals surface area (Å²) in [5.41, 5.74) is 2.47. The van der Waals surface area contributed by atoms with Crippen molar-refractivity contribution in [2.45, 2.75) is 90.6 Å². The number of H-pyrrole nitrogens is 1. The Morgan fingerprint density at radius 3 is 1.86 bits per heavy atom. The van der Waals surface area contributed by atoms with Gasteiger partial charge in [-0.1, -0.05) is 59.7 Å². The van der Waals surface area contributed by atoms with E-state index in [4.69, 9.17) is 9.22 Å². The molecule has 5 heteroatoms. The van der Waals surface area contributed by atoms with Gasteiger partial charge in [0.15, 0.2) is 16.6 Å². The van der Waals surface area contributed by atoms with Crippen LogP contribution in [0.15, 0.2) is 30.5 Å². The third kappa shape index (κ3) is 6.58. The van der Waals surface area contributed by atoms with Crippen molar-refractivity contribution in [1.82, 2.24) is 4.98 Å². The number of rotatable bonds is 5. The summed E-state index contributed by atoms with van der Waals surface area (Å²) in [6, 6.07) is 8.24. The van der Waals surface area contributed by atoms with Crippen molar-refractivity contribution < 1.29 is 9.22 Å². The average Bonchev–Trinajstić information content (AvgIpc) is 2.93. The summed E-state index contributed by atoms with van der Waals surface area (Å²) in [5.74, 6) is 0. The van der Waals surface area contributed by atoms with Crippen molar-refractivity contribution in [3.05, 3.63) is 36.0 Å². The summed E-state index contributed by atoms with van der Waals surface area (Å²) in [6.07, 6.45) is 3.81. The molecule has 0 aliphatic rings. The highest BCUT2D eigenvalue weighted by Crippen LogP contribution is 2.44. The first-order valence-electron chi connectivity index (χ1n) is 10.5. The fourth-order valence-corrected chi connectivity index (χ4v) is 10.1. The van der Waals surface area contributed by atoms with Crippen LogP contribution in [0.25, 0.3) is 10.9 Å². The maximum absolute atomic E-state index is 8.73. The van der Waals surface area contributed by atoms with E-state index in [-0.39, 0.29) is 6.61 Å². The van der Waals surface area contributed by atoms with Gasteiger partial charge in [0.1, 0.15) is 0 Å². The monoisotopic (exact) mass is 421 g/mol. The number of aromatic amines is 1. The highest BCUT2D eigenvalue weighted by Gasteiger charge is 2.46. The lowest BCUT2D eigenvalue weighted by Gasteiger charge is -2.47. The van der Waals surface area contributed by atoms with Gasteiger partial charge in [0.05, 0.1) is 0 Å². The van der Waals surface area contributed by atoms with Gasteiger partial charge in [-0.2, -0.15) is 0 Å². The minimum Gasteiger partial charge on any atom is -0.455 e. The molecule has 0 aliphatic heterocycles. The summed E-state index contributed by atoms with van der Waals surface area (Å²) >= 11 is 0. The molecule has 0 radical (unpaired) electrons. The lowest BCUT2D eigenvalue weighted by atomic mass is 10.1. The van der Waals surface area contributed by atoms with E-state index in [1.165, 1.54) is 16.5 Å². The van der Waals surface area contributed by atoms with Crippen LogP contribution in [0.1, 0.15) is 53.5 Å². The second-order valence-electron chi connectivity index (χ2n) is 10.8. The zero-order valence-electron chi connectivity index (χ0n) is 19.9. The molecule has 1 aromatic carbocycles. The van der Waals surface area contributed by atoms with Crippen LogP contribution in [0.4, 0.5) is 0 Å². The number of hydrogen-bond acceptors (Lipinski definition) is 2. The van der Waals surface area contributed by atoms with Gasteiger partial charge < -0.3 is 14.2 Å². The molecule has 1 aromatic heterocycles. The third-order valence-electron chi connectivity index (χ3n) is 6.40. The molecule has 0 amide bonds. The molecule has 2 rings (SSSR count). The van der Waals surface area contributed by atoms with E-state index in [9.17, 15) is 0 Å². The largest absolute Gasteiger partial charge is 0.455 e. The first-order chi connectivity index (χ1) is 12.6.